The minimum atomic E-state index is -0.120. The molecule has 2 aliphatic rings. The third-order valence-corrected chi connectivity index (χ3v) is 5.89. The van der Waals surface area contributed by atoms with Gasteiger partial charge in [0.25, 0.3) is 0 Å². The van der Waals surface area contributed by atoms with Crippen LogP contribution in [0, 0.1) is 0 Å². The summed E-state index contributed by atoms with van der Waals surface area (Å²) >= 11 is 0. The molecule has 158 valence electrons. The minimum Gasteiger partial charge on any atom is -0.495 e. The first-order valence-corrected chi connectivity index (χ1v) is 10.1. The number of rotatable bonds is 4. The van der Waals surface area contributed by atoms with Crippen molar-refractivity contribution >= 4 is 23.2 Å². The summed E-state index contributed by atoms with van der Waals surface area (Å²) in [5.74, 6) is 1.19. The fourth-order valence-corrected chi connectivity index (χ4v) is 4.63. The van der Waals surface area contributed by atoms with Crippen molar-refractivity contribution in [3.63, 3.8) is 0 Å². The van der Waals surface area contributed by atoms with Crippen molar-refractivity contribution in [2.45, 2.75) is 39.3 Å². The standard InChI is InChI=1S/C23H27N3O4/c1-13(27)24-19-6-5-15-9-21-17-11-20(25-14(2)28)22(29-3)10-16(17)7-8-26(21)12-18(15)23(19)30-4/h5-6,10-11,21H,7-9,12H2,1-4H3,(H,24,27)(H,25,28)/t21-/m0/s1. The smallest absolute Gasteiger partial charge is 0.221 e. The van der Waals surface area contributed by atoms with Crippen molar-refractivity contribution in [1.82, 2.24) is 4.90 Å². The summed E-state index contributed by atoms with van der Waals surface area (Å²) in [5, 5.41) is 5.75. The van der Waals surface area contributed by atoms with Crippen LogP contribution in [0.15, 0.2) is 24.3 Å². The quantitative estimate of drug-likeness (QED) is 0.810. The molecular formula is C23H27N3O4. The summed E-state index contributed by atoms with van der Waals surface area (Å²) in [6, 6.07) is 8.31. The number of carbonyl (C=O) groups is 2. The third kappa shape index (κ3) is 3.61. The van der Waals surface area contributed by atoms with E-state index < -0.39 is 0 Å². The molecule has 2 aromatic rings. The monoisotopic (exact) mass is 409 g/mol. The van der Waals surface area contributed by atoms with Gasteiger partial charge in [-0.15, -0.1) is 0 Å². The number of anilines is 2. The van der Waals surface area contributed by atoms with Gasteiger partial charge in [0.2, 0.25) is 11.8 Å². The van der Waals surface area contributed by atoms with Crippen LogP contribution in [0.1, 0.15) is 42.1 Å². The summed E-state index contributed by atoms with van der Waals surface area (Å²) < 4.78 is 11.2. The first-order chi connectivity index (χ1) is 14.4. The van der Waals surface area contributed by atoms with Crippen LogP contribution in [0.25, 0.3) is 0 Å². The Balaban J connectivity index is 1.73. The average Bonchev–Trinajstić information content (AvgIpc) is 2.71. The van der Waals surface area contributed by atoms with Gasteiger partial charge in [0.1, 0.15) is 11.5 Å². The van der Waals surface area contributed by atoms with Crippen molar-refractivity contribution in [3.8, 4) is 11.5 Å². The van der Waals surface area contributed by atoms with E-state index in [1.807, 2.05) is 12.1 Å². The van der Waals surface area contributed by atoms with E-state index in [0.717, 1.165) is 37.2 Å². The van der Waals surface area contributed by atoms with E-state index in [0.29, 0.717) is 17.1 Å². The van der Waals surface area contributed by atoms with Gasteiger partial charge < -0.3 is 20.1 Å². The molecule has 0 bridgehead atoms. The molecule has 2 aliphatic heterocycles. The molecule has 0 aliphatic carbocycles. The van der Waals surface area contributed by atoms with E-state index in [9.17, 15) is 9.59 Å². The first kappa shape index (κ1) is 20.2. The van der Waals surface area contributed by atoms with Crippen molar-refractivity contribution < 1.29 is 19.1 Å². The molecule has 4 rings (SSSR count). The molecule has 7 nitrogen and oxygen atoms in total. The lowest BCUT2D eigenvalue weighted by molar-refractivity contribution is -0.115. The average molecular weight is 409 g/mol. The molecule has 2 aromatic carbocycles. The van der Waals surface area contributed by atoms with Gasteiger partial charge >= 0.3 is 0 Å². The van der Waals surface area contributed by atoms with Crippen molar-refractivity contribution in [3.05, 3.63) is 46.5 Å². The number of ether oxygens (including phenoxy) is 2. The van der Waals surface area contributed by atoms with Gasteiger partial charge in [-0.3, -0.25) is 14.5 Å². The van der Waals surface area contributed by atoms with E-state index >= 15 is 0 Å². The summed E-state index contributed by atoms with van der Waals surface area (Å²) in [7, 11) is 3.27. The maximum atomic E-state index is 11.7. The van der Waals surface area contributed by atoms with Crippen LogP contribution in [0.5, 0.6) is 11.5 Å². The number of nitrogens with one attached hydrogen (secondary N) is 2. The number of hydrogen-bond acceptors (Lipinski definition) is 5. The van der Waals surface area contributed by atoms with Crippen LogP contribution in [0.4, 0.5) is 11.4 Å². The lowest BCUT2D eigenvalue weighted by Gasteiger charge is -2.42. The Morgan fingerprint density at radius 2 is 1.73 bits per heavy atom. The lowest BCUT2D eigenvalue weighted by atomic mass is 9.83. The molecule has 2 N–H and O–H groups in total. The van der Waals surface area contributed by atoms with Gasteiger partial charge in [-0.1, -0.05) is 6.07 Å². The third-order valence-electron chi connectivity index (χ3n) is 5.89. The number of carbonyl (C=O) groups excluding carboxylic acids is 2. The first-order valence-electron chi connectivity index (χ1n) is 10.1. The van der Waals surface area contributed by atoms with Crippen molar-refractivity contribution in [2.75, 3.05) is 31.4 Å². The summed E-state index contributed by atoms with van der Waals surface area (Å²) in [5.41, 5.74) is 6.23. The largest absolute Gasteiger partial charge is 0.495 e. The Kier molecular flexibility index (Phi) is 5.39. The zero-order chi connectivity index (χ0) is 21.4. The van der Waals surface area contributed by atoms with Gasteiger partial charge in [0, 0.05) is 38.5 Å². The van der Waals surface area contributed by atoms with Crippen LogP contribution in [-0.2, 0) is 29.0 Å². The number of benzene rings is 2. The topological polar surface area (TPSA) is 79.9 Å². The van der Waals surface area contributed by atoms with Crippen LogP contribution in [-0.4, -0.2) is 37.5 Å². The zero-order valence-electron chi connectivity index (χ0n) is 17.8. The van der Waals surface area contributed by atoms with E-state index in [1.165, 1.54) is 30.5 Å². The molecule has 0 fully saturated rings. The van der Waals surface area contributed by atoms with Gasteiger partial charge in [0.05, 0.1) is 25.6 Å². The molecular weight excluding hydrogens is 382 g/mol. The van der Waals surface area contributed by atoms with Gasteiger partial charge in [0.15, 0.2) is 0 Å². The number of hydrogen-bond donors (Lipinski definition) is 2. The maximum absolute atomic E-state index is 11.7. The second-order valence-electron chi connectivity index (χ2n) is 7.84. The molecule has 0 aromatic heterocycles. The Labute approximate surface area is 176 Å². The molecule has 0 saturated carbocycles. The number of fused-ring (bicyclic) bond motifs is 4. The predicted molar refractivity (Wildman–Crippen MR) is 115 cm³/mol. The minimum absolute atomic E-state index is 0.117. The highest BCUT2D eigenvalue weighted by Gasteiger charge is 2.34. The van der Waals surface area contributed by atoms with Crippen molar-refractivity contribution in [2.24, 2.45) is 0 Å². The SMILES string of the molecule is COc1cc2c(cc1NC(C)=O)[C@@H]1Cc3ccc(NC(C)=O)c(OC)c3CN1CC2. The van der Waals surface area contributed by atoms with E-state index in [-0.39, 0.29) is 17.9 Å². The second-order valence-corrected chi connectivity index (χ2v) is 7.84. The molecule has 7 heteroatoms. The zero-order valence-corrected chi connectivity index (χ0v) is 17.8. The molecule has 0 unspecified atom stereocenters. The molecule has 30 heavy (non-hydrogen) atoms. The summed E-state index contributed by atoms with van der Waals surface area (Å²) in [6.45, 7) is 4.67. The predicted octanol–water partition coefficient (Wildman–Crippen LogP) is 3.28. The van der Waals surface area contributed by atoms with Crippen LogP contribution < -0.4 is 20.1 Å². The molecule has 2 heterocycles. The molecule has 0 saturated heterocycles. The van der Waals surface area contributed by atoms with E-state index in [1.54, 1.807) is 14.2 Å². The Morgan fingerprint density at radius 3 is 2.40 bits per heavy atom. The Hall–Kier alpha value is -3.06. The Morgan fingerprint density at radius 1 is 1.00 bits per heavy atom. The molecule has 0 spiro atoms. The fraction of sp³-hybridized carbons (Fsp3) is 0.391. The van der Waals surface area contributed by atoms with Crippen LogP contribution >= 0.6 is 0 Å². The summed E-state index contributed by atoms with van der Waals surface area (Å²) in [4.78, 5) is 25.7. The van der Waals surface area contributed by atoms with Crippen LogP contribution in [0.3, 0.4) is 0 Å². The van der Waals surface area contributed by atoms with Gasteiger partial charge in [-0.2, -0.15) is 0 Å². The fourth-order valence-electron chi connectivity index (χ4n) is 4.63. The van der Waals surface area contributed by atoms with E-state index in [4.69, 9.17) is 9.47 Å². The molecule has 1 atom stereocenters. The van der Waals surface area contributed by atoms with E-state index in [2.05, 4.69) is 27.7 Å². The maximum Gasteiger partial charge on any atom is 0.221 e. The van der Waals surface area contributed by atoms with Crippen LogP contribution in [0.2, 0.25) is 0 Å². The number of amides is 2. The van der Waals surface area contributed by atoms with Gasteiger partial charge in [-0.25, -0.2) is 0 Å². The normalized spacial score (nSPS) is 17.3. The number of nitrogens with zero attached hydrogens (tertiary/aromatic N) is 1. The van der Waals surface area contributed by atoms with Gasteiger partial charge in [-0.05, 0) is 47.7 Å². The van der Waals surface area contributed by atoms with Crippen molar-refractivity contribution in [1.29, 1.82) is 0 Å². The Bertz CT molecular complexity index is 1020. The molecule has 0 radical (unpaired) electrons. The number of methoxy groups -OCH3 is 2. The summed E-state index contributed by atoms with van der Waals surface area (Å²) in [6.07, 6.45) is 1.75. The highest BCUT2D eigenvalue weighted by Crippen LogP contribution is 2.45. The molecule has 2 amide bonds. The second kappa shape index (κ2) is 7.99. The highest BCUT2D eigenvalue weighted by molar-refractivity contribution is 5.91. The lowest BCUT2D eigenvalue weighted by Crippen LogP contribution is -2.39. The highest BCUT2D eigenvalue weighted by atomic mass is 16.5.